The molecule has 160 valence electrons. The maximum atomic E-state index is 13.6. The molecule has 4 aromatic carbocycles. The molecule has 4 aromatic rings. The number of nitrogens with zero attached hydrogens (tertiary/aromatic N) is 3. The zero-order valence-corrected chi connectivity index (χ0v) is 17.9. The summed E-state index contributed by atoms with van der Waals surface area (Å²) in [4.78, 5) is 13.6. The molecule has 0 aliphatic heterocycles. The van der Waals surface area contributed by atoms with E-state index < -0.39 is 5.91 Å². The number of phenolic OH excluding ortho intramolecular Hbond substituents is 1. The van der Waals surface area contributed by atoms with E-state index in [1.165, 1.54) is 11.1 Å². The van der Waals surface area contributed by atoms with Gasteiger partial charge in [-0.15, -0.1) is 5.11 Å². The second-order valence-corrected chi connectivity index (χ2v) is 7.42. The first-order valence-electron chi connectivity index (χ1n) is 10.2. The van der Waals surface area contributed by atoms with Gasteiger partial charge < -0.3 is 9.84 Å². The summed E-state index contributed by atoms with van der Waals surface area (Å²) < 4.78 is 5.21. The standard InChI is InChI=1S/C26H23N3O3/c1-18-7-12-21(13-8-18)27-28-29(17-19-9-14-22(32-2)15-10-19)26(31)25-23-6-4-3-5-20(23)11-16-24(25)30/h3-16,30H,17H2,1-2H3. The van der Waals surface area contributed by atoms with E-state index in [4.69, 9.17) is 4.74 Å². The molecule has 4 rings (SSSR count). The molecule has 0 atom stereocenters. The fourth-order valence-corrected chi connectivity index (χ4v) is 3.38. The van der Waals surface area contributed by atoms with E-state index in [2.05, 4.69) is 10.3 Å². The summed E-state index contributed by atoms with van der Waals surface area (Å²) in [6.07, 6.45) is 0. The summed E-state index contributed by atoms with van der Waals surface area (Å²) in [6.45, 7) is 2.17. The fourth-order valence-electron chi connectivity index (χ4n) is 3.38. The molecule has 0 aliphatic carbocycles. The molecule has 0 aromatic heterocycles. The van der Waals surface area contributed by atoms with Gasteiger partial charge in [-0.3, -0.25) is 4.79 Å². The highest BCUT2D eigenvalue weighted by Crippen LogP contribution is 2.29. The minimum atomic E-state index is -0.439. The lowest BCUT2D eigenvalue weighted by Crippen LogP contribution is -2.25. The topological polar surface area (TPSA) is 74.5 Å². The van der Waals surface area contributed by atoms with Crippen LogP contribution in [0.4, 0.5) is 5.69 Å². The van der Waals surface area contributed by atoms with E-state index in [0.29, 0.717) is 11.1 Å². The number of rotatable bonds is 6. The van der Waals surface area contributed by atoms with Crippen LogP contribution >= 0.6 is 0 Å². The van der Waals surface area contributed by atoms with Crippen LogP contribution in [0.1, 0.15) is 21.5 Å². The van der Waals surface area contributed by atoms with E-state index >= 15 is 0 Å². The Hall–Kier alpha value is -4.19. The number of carbonyl (C=O) groups excluding carboxylic acids is 1. The van der Waals surface area contributed by atoms with Crippen LogP contribution in [0.25, 0.3) is 10.8 Å². The Morgan fingerprint density at radius 2 is 1.66 bits per heavy atom. The minimum absolute atomic E-state index is 0.0982. The van der Waals surface area contributed by atoms with Crippen molar-refractivity contribution in [1.29, 1.82) is 0 Å². The lowest BCUT2D eigenvalue weighted by atomic mass is 10.0. The third-order valence-corrected chi connectivity index (χ3v) is 5.15. The van der Waals surface area contributed by atoms with Crippen LogP contribution in [-0.2, 0) is 6.54 Å². The Balaban J connectivity index is 1.73. The summed E-state index contributed by atoms with van der Waals surface area (Å²) in [7, 11) is 1.60. The quantitative estimate of drug-likeness (QED) is 0.295. The van der Waals surface area contributed by atoms with Crippen LogP contribution < -0.4 is 4.74 Å². The predicted octanol–water partition coefficient (Wildman–Crippen LogP) is 6.20. The van der Waals surface area contributed by atoms with Gasteiger partial charge in [0.2, 0.25) is 0 Å². The Kier molecular flexibility index (Phi) is 6.12. The zero-order chi connectivity index (χ0) is 22.5. The average Bonchev–Trinajstić information content (AvgIpc) is 2.82. The third-order valence-electron chi connectivity index (χ3n) is 5.15. The van der Waals surface area contributed by atoms with Crippen LogP contribution in [0.5, 0.6) is 11.5 Å². The number of benzene rings is 4. The molecule has 6 nitrogen and oxygen atoms in total. The first-order chi connectivity index (χ1) is 15.5. The minimum Gasteiger partial charge on any atom is -0.507 e. The summed E-state index contributed by atoms with van der Waals surface area (Å²) in [5, 5.41) is 21.8. The molecule has 0 fully saturated rings. The Morgan fingerprint density at radius 3 is 2.38 bits per heavy atom. The number of hydrogen-bond acceptors (Lipinski definition) is 5. The van der Waals surface area contributed by atoms with Gasteiger partial charge in [-0.05, 0) is 53.6 Å². The van der Waals surface area contributed by atoms with Gasteiger partial charge in [-0.2, -0.15) is 0 Å². The van der Waals surface area contributed by atoms with Gasteiger partial charge in [0, 0.05) is 0 Å². The van der Waals surface area contributed by atoms with Crippen LogP contribution in [0, 0.1) is 6.92 Å². The van der Waals surface area contributed by atoms with Crippen LogP contribution in [-0.4, -0.2) is 23.1 Å². The van der Waals surface area contributed by atoms with Crippen molar-refractivity contribution in [1.82, 2.24) is 5.01 Å². The molecule has 0 aliphatic rings. The number of aryl methyl sites for hydroxylation is 1. The number of phenols is 1. The van der Waals surface area contributed by atoms with Crippen molar-refractivity contribution < 1.29 is 14.6 Å². The van der Waals surface area contributed by atoms with Gasteiger partial charge in [0.25, 0.3) is 5.91 Å². The highest BCUT2D eigenvalue weighted by atomic mass is 16.5. The first-order valence-corrected chi connectivity index (χ1v) is 10.2. The van der Waals surface area contributed by atoms with Crippen LogP contribution in [0.15, 0.2) is 95.3 Å². The van der Waals surface area contributed by atoms with Gasteiger partial charge in [0.05, 0.1) is 24.9 Å². The van der Waals surface area contributed by atoms with Crippen molar-refractivity contribution in [3.8, 4) is 11.5 Å². The monoisotopic (exact) mass is 425 g/mol. The molecule has 6 heteroatoms. The molecule has 32 heavy (non-hydrogen) atoms. The molecule has 0 heterocycles. The van der Waals surface area contributed by atoms with E-state index in [1.807, 2.05) is 79.7 Å². The second-order valence-electron chi connectivity index (χ2n) is 7.42. The van der Waals surface area contributed by atoms with Gasteiger partial charge >= 0.3 is 0 Å². The number of hydrogen-bond donors (Lipinski definition) is 1. The molecule has 0 spiro atoms. The normalized spacial score (nSPS) is 11.1. The lowest BCUT2D eigenvalue weighted by Gasteiger charge is -2.18. The van der Waals surface area contributed by atoms with Gasteiger partial charge in [-0.1, -0.05) is 65.4 Å². The van der Waals surface area contributed by atoms with Crippen molar-refractivity contribution in [2.45, 2.75) is 13.5 Å². The maximum absolute atomic E-state index is 13.6. The number of ether oxygens (including phenoxy) is 1. The Bertz CT molecular complexity index is 1270. The van der Waals surface area contributed by atoms with Crippen molar-refractivity contribution in [2.75, 3.05) is 7.11 Å². The summed E-state index contributed by atoms with van der Waals surface area (Å²) in [6, 6.07) is 25.6. The molecular weight excluding hydrogens is 402 g/mol. The number of fused-ring (bicyclic) bond motifs is 1. The molecular formula is C26H23N3O3. The smallest absolute Gasteiger partial charge is 0.280 e. The molecule has 0 radical (unpaired) electrons. The summed E-state index contributed by atoms with van der Waals surface area (Å²) >= 11 is 0. The number of methoxy groups -OCH3 is 1. The summed E-state index contributed by atoms with van der Waals surface area (Å²) in [5.41, 5.74) is 2.78. The first kappa shape index (κ1) is 21.1. The highest BCUT2D eigenvalue weighted by molar-refractivity contribution is 6.09. The SMILES string of the molecule is COc1ccc(CN(N=Nc2ccc(C)cc2)C(=O)c2c(O)ccc3ccccc23)cc1. The molecule has 1 amide bonds. The van der Waals surface area contributed by atoms with Gasteiger partial charge in [0.15, 0.2) is 0 Å². The highest BCUT2D eigenvalue weighted by Gasteiger charge is 2.22. The van der Waals surface area contributed by atoms with Crippen molar-refractivity contribution in [2.24, 2.45) is 10.3 Å². The zero-order valence-electron chi connectivity index (χ0n) is 17.9. The van der Waals surface area contributed by atoms with Crippen molar-refractivity contribution in [3.05, 3.63) is 102 Å². The number of aromatic hydroxyl groups is 1. The fraction of sp³-hybridized carbons (Fsp3) is 0.115. The maximum Gasteiger partial charge on any atom is 0.280 e. The predicted molar refractivity (Wildman–Crippen MR) is 124 cm³/mol. The molecule has 0 unspecified atom stereocenters. The number of carbonyl (C=O) groups is 1. The van der Waals surface area contributed by atoms with E-state index in [9.17, 15) is 9.90 Å². The molecule has 0 saturated heterocycles. The number of amides is 1. The van der Waals surface area contributed by atoms with Crippen LogP contribution in [0.2, 0.25) is 0 Å². The second kappa shape index (κ2) is 9.31. The molecule has 0 bridgehead atoms. The van der Waals surface area contributed by atoms with E-state index in [1.54, 1.807) is 13.2 Å². The third kappa shape index (κ3) is 4.59. The van der Waals surface area contributed by atoms with Crippen molar-refractivity contribution >= 4 is 22.4 Å². The van der Waals surface area contributed by atoms with Gasteiger partial charge in [-0.25, -0.2) is 5.01 Å². The Morgan fingerprint density at radius 1 is 0.938 bits per heavy atom. The van der Waals surface area contributed by atoms with Crippen LogP contribution in [0.3, 0.4) is 0 Å². The molecule has 1 N–H and O–H groups in total. The lowest BCUT2D eigenvalue weighted by molar-refractivity contribution is 0.0733. The van der Waals surface area contributed by atoms with E-state index in [-0.39, 0.29) is 17.9 Å². The average molecular weight is 425 g/mol. The largest absolute Gasteiger partial charge is 0.507 e. The summed E-state index contributed by atoms with van der Waals surface area (Å²) in [5.74, 6) is 0.185. The Labute approximate surface area is 186 Å². The van der Waals surface area contributed by atoms with Crippen molar-refractivity contribution in [3.63, 3.8) is 0 Å². The van der Waals surface area contributed by atoms with E-state index in [0.717, 1.165) is 22.3 Å². The van der Waals surface area contributed by atoms with Gasteiger partial charge in [0.1, 0.15) is 11.5 Å². The molecule has 0 saturated carbocycles.